The van der Waals surface area contributed by atoms with Gasteiger partial charge in [-0.15, -0.1) is 0 Å². The Labute approximate surface area is 164 Å². The first kappa shape index (κ1) is 20.1. The van der Waals surface area contributed by atoms with Crippen LogP contribution < -0.4 is 5.32 Å². The largest absolute Gasteiger partial charge is 0.311 e. The quantitative estimate of drug-likeness (QED) is 0.814. The van der Waals surface area contributed by atoms with Crippen molar-refractivity contribution >= 4 is 0 Å². The molecule has 2 aromatic rings. The van der Waals surface area contributed by atoms with Crippen LogP contribution in [0, 0.1) is 0 Å². The average Bonchev–Trinajstić information content (AvgIpc) is 3.07. The molecule has 5 nitrogen and oxygen atoms in total. The van der Waals surface area contributed by atoms with Crippen molar-refractivity contribution in [3.05, 3.63) is 47.8 Å². The topological polar surface area (TPSA) is 36.3 Å². The third-order valence-electron chi connectivity index (χ3n) is 5.62. The molecule has 148 valence electrons. The van der Waals surface area contributed by atoms with Gasteiger partial charge in [-0.05, 0) is 38.9 Å². The Kier molecular flexibility index (Phi) is 6.35. The maximum atomic E-state index is 4.85. The minimum absolute atomic E-state index is 0.161. The van der Waals surface area contributed by atoms with Crippen LogP contribution in [-0.2, 0) is 6.54 Å². The molecule has 1 N–H and O–H groups in total. The van der Waals surface area contributed by atoms with Crippen molar-refractivity contribution in [1.82, 2.24) is 24.9 Å². The van der Waals surface area contributed by atoms with Gasteiger partial charge in [-0.25, -0.2) is 4.68 Å². The summed E-state index contributed by atoms with van der Waals surface area (Å²) in [5.74, 6) is 0.414. The third-order valence-corrected chi connectivity index (χ3v) is 5.62. The molecule has 0 radical (unpaired) electrons. The second-order valence-electron chi connectivity index (χ2n) is 8.68. The molecule has 1 aromatic heterocycles. The number of likely N-dealkylation sites (N-methyl/N-ethyl adjacent to an activating group) is 1. The van der Waals surface area contributed by atoms with Crippen molar-refractivity contribution in [2.45, 2.75) is 45.7 Å². The smallest absolute Gasteiger partial charge is 0.0699 e. The fraction of sp³-hybridized carbons (Fsp3) is 0.591. The molecule has 27 heavy (non-hydrogen) atoms. The first-order valence-electron chi connectivity index (χ1n) is 10.1. The number of aromatic nitrogens is 2. The summed E-state index contributed by atoms with van der Waals surface area (Å²) < 4.78 is 2.01. The molecule has 0 aliphatic carbocycles. The number of hydrogen-bond acceptors (Lipinski definition) is 4. The van der Waals surface area contributed by atoms with Gasteiger partial charge in [-0.1, -0.05) is 32.0 Å². The van der Waals surface area contributed by atoms with E-state index in [-0.39, 0.29) is 5.54 Å². The fourth-order valence-corrected chi connectivity index (χ4v) is 3.79. The first-order chi connectivity index (χ1) is 12.9. The van der Waals surface area contributed by atoms with Crippen LogP contribution in [0.3, 0.4) is 0 Å². The number of nitrogens with one attached hydrogen (secondary N) is 1. The number of para-hydroxylation sites is 1. The zero-order chi connectivity index (χ0) is 19.4. The third kappa shape index (κ3) is 4.98. The second-order valence-corrected chi connectivity index (χ2v) is 8.68. The maximum absolute atomic E-state index is 4.85. The highest BCUT2D eigenvalue weighted by atomic mass is 15.3. The molecule has 1 aliphatic heterocycles. The zero-order valence-corrected chi connectivity index (χ0v) is 17.6. The lowest BCUT2D eigenvalue weighted by atomic mass is 10.0. The molecule has 5 heteroatoms. The van der Waals surface area contributed by atoms with E-state index in [2.05, 4.69) is 80.3 Å². The lowest BCUT2D eigenvalue weighted by Gasteiger charge is -2.43. The van der Waals surface area contributed by atoms with Crippen LogP contribution in [0.2, 0.25) is 0 Å². The Hall–Kier alpha value is -1.69. The Morgan fingerprint density at radius 1 is 1.07 bits per heavy atom. The summed E-state index contributed by atoms with van der Waals surface area (Å²) in [6.45, 7) is 15.6. The van der Waals surface area contributed by atoms with Crippen molar-refractivity contribution in [3.8, 4) is 5.69 Å². The van der Waals surface area contributed by atoms with Crippen LogP contribution in [0.1, 0.15) is 44.9 Å². The van der Waals surface area contributed by atoms with E-state index in [9.17, 15) is 0 Å². The van der Waals surface area contributed by atoms with Crippen LogP contribution in [0.25, 0.3) is 5.69 Å². The Balaban J connectivity index is 1.64. The van der Waals surface area contributed by atoms with Gasteiger partial charge < -0.3 is 10.2 Å². The second kappa shape index (κ2) is 8.55. The van der Waals surface area contributed by atoms with Gasteiger partial charge >= 0.3 is 0 Å². The van der Waals surface area contributed by atoms with Gasteiger partial charge in [0.2, 0.25) is 0 Å². The van der Waals surface area contributed by atoms with Crippen molar-refractivity contribution in [3.63, 3.8) is 0 Å². The highest BCUT2D eigenvalue weighted by Crippen LogP contribution is 2.21. The molecule has 1 aromatic carbocycles. The van der Waals surface area contributed by atoms with Gasteiger partial charge in [0.15, 0.2) is 0 Å². The molecule has 2 heterocycles. The van der Waals surface area contributed by atoms with Crippen LogP contribution >= 0.6 is 0 Å². The molecule has 0 bridgehead atoms. The summed E-state index contributed by atoms with van der Waals surface area (Å²) in [4.78, 5) is 5.02. The summed E-state index contributed by atoms with van der Waals surface area (Å²) in [6, 6.07) is 10.4. The van der Waals surface area contributed by atoms with E-state index >= 15 is 0 Å². The monoisotopic (exact) mass is 369 g/mol. The predicted molar refractivity (Wildman–Crippen MR) is 113 cm³/mol. The van der Waals surface area contributed by atoms with Crippen LogP contribution in [0.4, 0.5) is 0 Å². The van der Waals surface area contributed by atoms with Crippen molar-refractivity contribution in [2.24, 2.45) is 0 Å². The molecule has 0 spiro atoms. The maximum Gasteiger partial charge on any atom is 0.0699 e. The van der Waals surface area contributed by atoms with E-state index in [1.54, 1.807) is 0 Å². The number of rotatable bonds is 7. The molecule has 0 amide bonds. The lowest BCUT2D eigenvalue weighted by molar-refractivity contribution is 0.0618. The van der Waals surface area contributed by atoms with Crippen LogP contribution in [0.15, 0.2) is 36.5 Å². The van der Waals surface area contributed by atoms with Crippen molar-refractivity contribution < 1.29 is 0 Å². The Morgan fingerprint density at radius 3 is 2.37 bits per heavy atom. The molecule has 0 atom stereocenters. The highest BCUT2D eigenvalue weighted by molar-refractivity contribution is 5.33. The van der Waals surface area contributed by atoms with E-state index in [1.165, 1.54) is 11.3 Å². The van der Waals surface area contributed by atoms with Crippen LogP contribution in [0.5, 0.6) is 0 Å². The molecular weight excluding hydrogens is 334 g/mol. The molecule has 0 saturated carbocycles. The molecule has 0 unspecified atom stereocenters. The van der Waals surface area contributed by atoms with Crippen LogP contribution in [-0.4, -0.2) is 64.9 Å². The average molecular weight is 370 g/mol. The Bertz CT molecular complexity index is 712. The molecular formula is C22H35N5. The number of piperazine rings is 1. The minimum atomic E-state index is 0.161. The van der Waals surface area contributed by atoms with E-state index in [0.717, 1.165) is 45.0 Å². The van der Waals surface area contributed by atoms with Crippen molar-refractivity contribution in [2.75, 3.05) is 39.8 Å². The molecule has 1 fully saturated rings. The molecule has 1 aliphatic rings. The Morgan fingerprint density at radius 2 is 1.74 bits per heavy atom. The first-order valence-corrected chi connectivity index (χ1v) is 10.1. The zero-order valence-electron chi connectivity index (χ0n) is 17.6. The van der Waals surface area contributed by atoms with Gasteiger partial charge in [0.25, 0.3) is 0 Å². The summed E-state index contributed by atoms with van der Waals surface area (Å²) in [6.07, 6.45) is 2.18. The molecule has 1 saturated heterocycles. The predicted octanol–water partition coefficient (Wildman–Crippen LogP) is 3.11. The minimum Gasteiger partial charge on any atom is -0.311 e. The van der Waals surface area contributed by atoms with Gasteiger partial charge in [-0.3, -0.25) is 4.90 Å². The summed E-state index contributed by atoms with van der Waals surface area (Å²) in [5.41, 5.74) is 3.75. The lowest BCUT2D eigenvalue weighted by Crippen LogP contribution is -2.57. The number of benzene rings is 1. The fourth-order valence-electron chi connectivity index (χ4n) is 3.79. The summed E-state index contributed by atoms with van der Waals surface area (Å²) >= 11 is 0. The van der Waals surface area contributed by atoms with Gasteiger partial charge in [0.1, 0.15) is 0 Å². The van der Waals surface area contributed by atoms with Gasteiger partial charge in [0, 0.05) is 56.6 Å². The highest BCUT2D eigenvalue weighted by Gasteiger charge is 2.28. The standard InChI is InChI=1S/C22H35N5/c1-18(2)21-19(16-27(24-21)20-9-7-6-8-10-20)15-23-17-22(3,4)26-13-11-25(5)12-14-26/h6-10,16,18,23H,11-15,17H2,1-5H3. The summed E-state index contributed by atoms with van der Waals surface area (Å²) in [7, 11) is 2.21. The van der Waals surface area contributed by atoms with E-state index in [0.29, 0.717) is 5.92 Å². The number of hydrogen-bond donors (Lipinski definition) is 1. The molecule has 3 rings (SSSR count). The van der Waals surface area contributed by atoms with E-state index in [4.69, 9.17) is 5.10 Å². The van der Waals surface area contributed by atoms with Gasteiger partial charge in [0.05, 0.1) is 11.4 Å². The normalized spacial score (nSPS) is 17.0. The van der Waals surface area contributed by atoms with E-state index < -0.39 is 0 Å². The summed E-state index contributed by atoms with van der Waals surface area (Å²) in [5, 5.41) is 8.56. The number of nitrogens with zero attached hydrogens (tertiary/aromatic N) is 4. The van der Waals surface area contributed by atoms with Crippen molar-refractivity contribution in [1.29, 1.82) is 0 Å². The van der Waals surface area contributed by atoms with Gasteiger partial charge in [-0.2, -0.15) is 5.10 Å². The SMILES string of the molecule is CC(C)c1nn(-c2ccccc2)cc1CNCC(C)(C)N1CCN(C)CC1. The van der Waals surface area contributed by atoms with E-state index in [1.807, 2.05) is 10.7 Å².